The molecule has 0 aromatic heterocycles. The van der Waals surface area contributed by atoms with E-state index in [0.717, 1.165) is 3.57 Å². The summed E-state index contributed by atoms with van der Waals surface area (Å²) in [5.74, 6) is 0. The van der Waals surface area contributed by atoms with Gasteiger partial charge < -0.3 is 5.73 Å². The number of para-hydroxylation sites is 1. The molecule has 2 aromatic carbocycles. The van der Waals surface area contributed by atoms with Crippen LogP contribution in [-0.2, 0) is 10.0 Å². The van der Waals surface area contributed by atoms with E-state index in [0.29, 0.717) is 16.8 Å². The third-order valence-corrected chi connectivity index (χ3v) is 5.56. The van der Waals surface area contributed by atoms with Crippen LogP contribution in [0.15, 0.2) is 47.4 Å². The summed E-state index contributed by atoms with van der Waals surface area (Å²) in [5.41, 5.74) is 7.27. The molecule has 0 radical (unpaired) electrons. The van der Waals surface area contributed by atoms with Crippen molar-refractivity contribution in [1.29, 1.82) is 0 Å². The molecule has 0 saturated heterocycles. The average molecular weight is 432 g/mol. The van der Waals surface area contributed by atoms with Gasteiger partial charge in [-0.2, -0.15) is 0 Å². The van der Waals surface area contributed by atoms with Gasteiger partial charge in [-0.05, 0) is 53.3 Å². The van der Waals surface area contributed by atoms with E-state index in [1.165, 1.54) is 6.07 Å². The number of hydrogen-bond acceptors (Lipinski definition) is 3. The fourth-order valence-corrected chi connectivity index (χ4v) is 3.97. The lowest BCUT2D eigenvalue weighted by atomic mass is 10.1. The minimum absolute atomic E-state index is 0.167. The van der Waals surface area contributed by atoms with Crippen LogP contribution in [0.25, 0.3) is 0 Å². The molecular formula is C14H13IN2O2S2. The Morgan fingerprint density at radius 2 is 1.90 bits per heavy atom. The largest absolute Gasteiger partial charge is 0.389 e. The van der Waals surface area contributed by atoms with Gasteiger partial charge in [-0.15, -0.1) is 0 Å². The van der Waals surface area contributed by atoms with Crippen molar-refractivity contribution in [3.05, 3.63) is 57.2 Å². The van der Waals surface area contributed by atoms with Gasteiger partial charge in [0.05, 0.1) is 10.6 Å². The first-order valence-electron chi connectivity index (χ1n) is 5.99. The van der Waals surface area contributed by atoms with Crippen molar-refractivity contribution >= 4 is 55.5 Å². The van der Waals surface area contributed by atoms with Gasteiger partial charge in [0.25, 0.3) is 10.0 Å². The zero-order valence-electron chi connectivity index (χ0n) is 11.1. The first-order valence-corrected chi connectivity index (χ1v) is 8.96. The van der Waals surface area contributed by atoms with Crippen molar-refractivity contribution in [2.75, 3.05) is 4.72 Å². The summed E-state index contributed by atoms with van der Waals surface area (Å²) < 4.78 is 28.5. The molecule has 2 rings (SSSR count). The van der Waals surface area contributed by atoms with E-state index >= 15 is 0 Å². The molecule has 0 atom stereocenters. The Kier molecular flexibility index (Phi) is 4.84. The van der Waals surface area contributed by atoms with E-state index in [9.17, 15) is 8.42 Å². The molecule has 0 amide bonds. The maximum absolute atomic E-state index is 12.6. The summed E-state index contributed by atoms with van der Waals surface area (Å²) in [6, 6.07) is 12.1. The lowest BCUT2D eigenvalue weighted by molar-refractivity contribution is 0.600. The lowest BCUT2D eigenvalue weighted by Crippen LogP contribution is -2.17. The number of nitrogens with two attached hydrogens (primary N) is 1. The van der Waals surface area contributed by atoms with Gasteiger partial charge in [-0.25, -0.2) is 8.42 Å². The van der Waals surface area contributed by atoms with Gasteiger partial charge in [0.1, 0.15) is 4.99 Å². The van der Waals surface area contributed by atoms with E-state index in [1.54, 1.807) is 31.2 Å². The minimum Gasteiger partial charge on any atom is -0.389 e. The zero-order valence-corrected chi connectivity index (χ0v) is 14.9. The molecule has 0 unspecified atom stereocenters. The highest BCUT2D eigenvalue weighted by molar-refractivity contribution is 14.1. The van der Waals surface area contributed by atoms with Crippen LogP contribution in [0.3, 0.4) is 0 Å². The summed E-state index contributed by atoms with van der Waals surface area (Å²) in [5, 5.41) is 0. The Morgan fingerprint density at radius 3 is 2.52 bits per heavy atom. The third-order valence-electron chi connectivity index (χ3n) is 2.88. The number of thiocarbonyl (C=S) groups is 1. The summed E-state index contributed by atoms with van der Waals surface area (Å²) in [6.45, 7) is 1.73. The molecule has 3 N–H and O–H groups in total. The van der Waals surface area contributed by atoms with Gasteiger partial charge in [-0.3, -0.25) is 4.72 Å². The number of sulfonamides is 1. The van der Waals surface area contributed by atoms with Crippen molar-refractivity contribution in [3.8, 4) is 0 Å². The Balaban J connectivity index is 2.47. The number of anilines is 1. The zero-order chi connectivity index (χ0) is 15.6. The molecule has 110 valence electrons. The molecule has 2 aromatic rings. The topological polar surface area (TPSA) is 72.2 Å². The third kappa shape index (κ3) is 3.72. The molecular weight excluding hydrogens is 419 g/mol. The normalized spacial score (nSPS) is 11.1. The molecule has 0 heterocycles. The Bertz CT molecular complexity index is 804. The van der Waals surface area contributed by atoms with Gasteiger partial charge >= 0.3 is 0 Å². The number of nitrogens with one attached hydrogen (secondary N) is 1. The second-order valence-corrected chi connectivity index (χ2v) is 7.68. The predicted octanol–water partition coefficient (Wildman–Crippen LogP) is 3.03. The SMILES string of the molecule is Cc1ccc(C(N)=S)cc1S(=O)(=O)Nc1ccccc1I. The maximum Gasteiger partial charge on any atom is 0.262 e. The van der Waals surface area contributed by atoms with Crippen molar-refractivity contribution in [2.45, 2.75) is 11.8 Å². The van der Waals surface area contributed by atoms with Crippen LogP contribution < -0.4 is 10.5 Å². The second kappa shape index (κ2) is 6.29. The van der Waals surface area contributed by atoms with Crippen molar-refractivity contribution in [1.82, 2.24) is 0 Å². The molecule has 0 bridgehead atoms. The quantitative estimate of drug-likeness (QED) is 0.576. The average Bonchev–Trinajstić information content (AvgIpc) is 2.41. The first kappa shape index (κ1) is 16.2. The van der Waals surface area contributed by atoms with Crippen LogP contribution in [-0.4, -0.2) is 13.4 Å². The van der Waals surface area contributed by atoms with Crippen LogP contribution in [0.5, 0.6) is 0 Å². The van der Waals surface area contributed by atoms with Crippen molar-refractivity contribution < 1.29 is 8.42 Å². The highest BCUT2D eigenvalue weighted by Crippen LogP contribution is 2.23. The molecule has 0 aliphatic carbocycles. The molecule has 7 heteroatoms. The van der Waals surface area contributed by atoms with Gasteiger partial charge in [0.2, 0.25) is 0 Å². The van der Waals surface area contributed by atoms with E-state index < -0.39 is 10.0 Å². The molecule has 4 nitrogen and oxygen atoms in total. The predicted molar refractivity (Wildman–Crippen MR) is 97.0 cm³/mol. The van der Waals surface area contributed by atoms with Crippen LogP contribution >= 0.6 is 34.8 Å². The van der Waals surface area contributed by atoms with Gasteiger partial charge in [-0.1, -0.05) is 36.5 Å². The molecule has 0 spiro atoms. The van der Waals surface area contributed by atoms with E-state index in [4.69, 9.17) is 18.0 Å². The molecule has 0 aliphatic heterocycles. The molecule has 0 aliphatic rings. The Labute approximate surface area is 142 Å². The molecule has 0 fully saturated rings. The molecule has 21 heavy (non-hydrogen) atoms. The number of benzene rings is 2. The Hall–Kier alpha value is -1.19. The minimum atomic E-state index is -3.69. The van der Waals surface area contributed by atoms with Gasteiger partial charge in [0, 0.05) is 9.13 Å². The van der Waals surface area contributed by atoms with Crippen molar-refractivity contribution in [2.24, 2.45) is 5.73 Å². The van der Waals surface area contributed by atoms with Crippen LogP contribution in [0.2, 0.25) is 0 Å². The highest BCUT2D eigenvalue weighted by Gasteiger charge is 2.19. The number of halogens is 1. The number of aryl methyl sites for hydroxylation is 1. The van der Waals surface area contributed by atoms with E-state index in [-0.39, 0.29) is 9.88 Å². The van der Waals surface area contributed by atoms with Crippen LogP contribution in [0.4, 0.5) is 5.69 Å². The lowest BCUT2D eigenvalue weighted by Gasteiger charge is -2.12. The number of hydrogen-bond donors (Lipinski definition) is 2. The Morgan fingerprint density at radius 1 is 1.24 bits per heavy atom. The highest BCUT2D eigenvalue weighted by atomic mass is 127. The summed E-state index contributed by atoms with van der Waals surface area (Å²) in [6.07, 6.45) is 0. The first-order chi connectivity index (χ1) is 9.81. The van der Waals surface area contributed by atoms with E-state index in [1.807, 2.05) is 12.1 Å². The fourth-order valence-electron chi connectivity index (χ4n) is 1.79. The number of rotatable bonds is 4. The summed E-state index contributed by atoms with van der Waals surface area (Å²) >= 11 is 6.98. The standard InChI is InChI=1S/C14H13IN2O2S2/c1-9-6-7-10(14(16)20)8-13(9)21(18,19)17-12-5-3-2-4-11(12)15/h2-8,17H,1H3,(H2,16,20). The van der Waals surface area contributed by atoms with Gasteiger partial charge in [0.15, 0.2) is 0 Å². The van der Waals surface area contributed by atoms with E-state index in [2.05, 4.69) is 27.3 Å². The summed E-state index contributed by atoms with van der Waals surface area (Å²) in [7, 11) is -3.69. The smallest absolute Gasteiger partial charge is 0.262 e. The maximum atomic E-state index is 12.6. The fraction of sp³-hybridized carbons (Fsp3) is 0.0714. The monoisotopic (exact) mass is 432 g/mol. The van der Waals surface area contributed by atoms with Crippen LogP contribution in [0, 0.1) is 10.5 Å². The van der Waals surface area contributed by atoms with Crippen LogP contribution in [0.1, 0.15) is 11.1 Å². The van der Waals surface area contributed by atoms with Crippen molar-refractivity contribution in [3.63, 3.8) is 0 Å². The second-order valence-electron chi connectivity index (χ2n) is 4.43. The summed E-state index contributed by atoms with van der Waals surface area (Å²) in [4.78, 5) is 0.341. The molecule has 0 saturated carbocycles.